The molecular formula is C18H17BrN2O. The first-order valence-corrected chi connectivity index (χ1v) is 8.45. The monoisotopic (exact) mass is 356 g/mol. The van der Waals surface area contributed by atoms with Crippen molar-refractivity contribution in [3.8, 4) is 0 Å². The second-order valence-corrected chi connectivity index (χ2v) is 6.97. The average Bonchev–Trinajstić information content (AvgIpc) is 3.02. The molecule has 0 saturated carbocycles. The summed E-state index contributed by atoms with van der Waals surface area (Å²) >= 11 is 3.54. The van der Waals surface area contributed by atoms with Gasteiger partial charge >= 0.3 is 0 Å². The Morgan fingerprint density at radius 2 is 2.00 bits per heavy atom. The summed E-state index contributed by atoms with van der Waals surface area (Å²) in [5.74, 6) is -0.0335. The molecule has 1 aliphatic heterocycles. The summed E-state index contributed by atoms with van der Waals surface area (Å²) in [6, 6.07) is 6.28. The number of aromatic amines is 1. The molecule has 1 aromatic heterocycles. The van der Waals surface area contributed by atoms with Gasteiger partial charge in [0, 0.05) is 21.4 Å². The first-order chi connectivity index (χ1) is 10.6. The predicted octanol–water partition coefficient (Wildman–Crippen LogP) is 4.46. The molecule has 2 aromatic rings. The fourth-order valence-electron chi connectivity index (χ4n) is 3.39. The van der Waals surface area contributed by atoms with Crippen LogP contribution in [0, 0.1) is 6.92 Å². The third-order valence-electron chi connectivity index (χ3n) is 4.44. The van der Waals surface area contributed by atoms with Crippen LogP contribution in [-0.4, -0.2) is 10.9 Å². The van der Waals surface area contributed by atoms with Crippen LogP contribution in [0.1, 0.15) is 40.9 Å². The van der Waals surface area contributed by atoms with Crippen molar-refractivity contribution in [1.29, 1.82) is 0 Å². The molecule has 2 N–H and O–H groups in total. The van der Waals surface area contributed by atoms with Gasteiger partial charge in [0.05, 0.1) is 11.3 Å². The minimum absolute atomic E-state index is 0.0335. The zero-order valence-corrected chi connectivity index (χ0v) is 14.0. The van der Waals surface area contributed by atoms with Crippen molar-refractivity contribution < 1.29 is 4.79 Å². The highest BCUT2D eigenvalue weighted by Gasteiger charge is 2.26. The number of H-pyrrole nitrogens is 1. The molecule has 0 unspecified atom stereocenters. The summed E-state index contributed by atoms with van der Waals surface area (Å²) in [7, 11) is 0. The highest BCUT2D eigenvalue weighted by molar-refractivity contribution is 9.10. The molecule has 0 atom stereocenters. The van der Waals surface area contributed by atoms with Crippen LogP contribution in [0.3, 0.4) is 0 Å². The van der Waals surface area contributed by atoms with E-state index < -0.39 is 0 Å². The van der Waals surface area contributed by atoms with Gasteiger partial charge in [-0.25, -0.2) is 0 Å². The molecule has 2 heterocycles. The standard InChI is InChI=1S/C18H17BrN2O/c1-10-6-13-14(18(22)21-17(13)15(19)7-10)9-12-8-11-4-2-3-5-16(11)20-12/h6-9,20H,2-5H2,1H3,(H,21,22). The number of halogens is 1. The molecule has 4 rings (SSSR count). The summed E-state index contributed by atoms with van der Waals surface area (Å²) in [4.78, 5) is 15.8. The van der Waals surface area contributed by atoms with Gasteiger partial charge in [-0.3, -0.25) is 4.79 Å². The van der Waals surface area contributed by atoms with E-state index in [1.54, 1.807) is 0 Å². The number of carbonyl (C=O) groups is 1. The number of carbonyl (C=O) groups excluding carboxylic acids is 1. The summed E-state index contributed by atoms with van der Waals surface area (Å²) in [6.45, 7) is 2.04. The Hall–Kier alpha value is -1.81. The van der Waals surface area contributed by atoms with Crippen LogP contribution in [0.4, 0.5) is 5.69 Å². The van der Waals surface area contributed by atoms with Gasteiger partial charge in [-0.1, -0.05) is 0 Å². The highest BCUT2D eigenvalue weighted by Crippen LogP contribution is 2.39. The van der Waals surface area contributed by atoms with Crippen LogP contribution in [-0.2, 0) is 17.6 Å². The lowest BCUT2D eigenvalue weighted by molar-refractivity contribution is -0.110. The van der Waals surface area contributed by atoms with Gasteiger partial charge in [-0.2, -0.15) is 0 Å². The second-order valence-electron chi connectivity index (χ2n) is 6.12. The van der Waals surface area contributed by atoms with Crippen molar-refractivity contribution >= 4 is 39.2 Å². The van der Waals surface area contributed by atoms with Crippen LogP contribution < -0.4 is 5.32 Å². The van der Waals surface area contributed by atoms with E-state index in [2.05, 4.69) is 38.4 Å². The Balaban J connectivity index is 1.80. The quantitative estimate of drug-likeness (QED) is 0.728. The molecule has 0 saturated heterocycles. The van der Waals surface area contributed by atoms with Gasteiger partial charge in [0.1, 0.15) is 0 Å². The number of amides is 1. The van der Waals surface area contributed by atoms with Crippen LogP contribution >= 0.6 is 15.9 Å². The number of benzene rings is 1. The first kappa shape index (κ1) is 13.8. The fraction of sp³-hybridized carbons (Fsp3) is 0.278. The van der Waals surface area contributed by atoms with Gasteiger partial charge in [0.25, 0.3) is 5.91 Å². The zero-order chi connectivity index (χ0) is 15.3. The van der Waals surface area contributed by atoms with Crippen molar-refractivity contribution in [3.05, 3.63) is 50.8 Å². The van der Waals surface area contributed by atoms with Crippen molar-refractivity contribution in [1.82, 2.24) is 4.98 Å². The number of hydrogen-bond acceptors (Lipinski definition) is 1. The topological polar surface area (TPSA) is 44.9 Å². The Labute approximate surface area is 137 Å². The minimum Gasteiger partial charge on any atom is -0.359 e. The van der Waals surface area contributed by atoms with Crippen LogP contribution in [0.2, 0.25) is 0 Å². The Bertz CT molecular complexity index is 793. The third kappa shape index (κ3) is 2.22. The summed E-state index contributed by atoms with van der Waals surface area (Å²) in [6.07, 6.45) is 6.75. The van der Waals surface area contributed by atoms with Crippen molar-refractivity contribution in [2.45, 2.75) is 32.6 Å². The molecule has 3 nitrogen and oxygen atoms in total. The number of aryl methyl sites for hydroxylation is 3. The Morgan fingerprint density at radius 1 is 1.18 bits per heavy atom. The normalized spacial score (nSPS) is 18.3. The van der Waals surface area contributed by atoms with Crippen molar-refractivity contribution in [3.63, 3.8) is 0 Å². The molecule has 1 aliphatic carbocycles. The zero-order valence-electron chi connectivity index (χ0n) is 12.4. The van der Waals surface area contributed by atoms with E-state index in [0.29, 0.717) is 0 Å². The summed E-state index contributed by atoms with van der Waals surface area (Å²) < 4.78 is 0.935. The number of aromatic nitrogens is 1. The van der Waals surface area contributed by atoms with E-state index in [1.807, 2.05) is 19.1 Å². The van der Waals surface area contributed by atoms with Crippen LogP contribution in [0.15, 0.2) is 22.7 Å². The molecule has 22 heavy (non-hydrogen) atoms. The van der Waals surface area contributed by atoms with Gasteiger partial charge in [-0.05, 0) is 83.9 Å². The molecule has 4 heteroatoms. The molecule has 1 aromatic carbocycles. The van der Waals surface area contributed by atoms with E-state index in [-0.39, 0.29) is 5.91 Å². The van der Waals surface area contributed by atoms with E-state index in [9.17, 15) is 4.79 Å². The van der Waals surface area contributed by atoms with Gasteiger partial charge in [0.2, 0.25) is 0 Å². The first-order valence-electron chi connectivity index (χ1n) is 7.66. The second kappa shape index (κ2) is 5.13. The van der Waals surface area contributed by atoms with Gasteiger partial charge in [-0.15, -0.1) is 0 Å². The van der Waals surface area contributed by atoms with Gasteiger partial charge < -0.3 is 10.3 Å². The average molecular weight is 357 g/mol. The number of rotatable bonds is 1. The van der Waals surface area contributed by atoms with E-state index in [0.717, 1.165) is 45.4 Å². The number of nitrogens with one attached hydrogen (secondary N) is 2. The Morgan fingerprint density at radius 3 is 2.82 bits per heavy atom. The third-order valence-corrected chi connectivity index (χ3v) is 5.07. The predicted molar refractivity (Wildman–Crippen MR) is 92.8 cm³/mol. The van der Waals surface area contributed by atoms with E-state index in [1.165, 1.54) is 24.1 Å². The number of fused-ring (bicyclic) bond motifs is 2. The molecule has 112 valence electrons. The Kier molecular flexibility index (Phi) is 3.22. The molecule has 0 fully saturated rings. The lowest BCUT2D eigenvalue weighted by Crippen LogP contribution is -2.03. The van der Waals surface area contributed by atoms with E-state index in [4.69, 9.17) is 0 Å². The fourth-order valence-corrected chi connectivity index (χ4v) is 4.06. The number of anilines is 1. The minimum atomic E-state index is -0.0335. The maximum absolute atomic E-state index is 12.3. The molecule has 0 spiro atoms. The SMILES string of the molecule is Cc1cc(Br)c2c(c1)C(=Cc1cc3c([nH]1)CCCC3)C(=O)N2. The molecule has 0 bridgehead atoms. The van der Waals surface area contributed by atoms with Crippen LogP contribution in [0.25, 0.3) is 11.6 Å². The van der Waals surface area contributed by atoms with Gasteiger partial charge in [0.15, 0.2) is 0 Å². The molecule has 1 amide bonds. The smallest absolute Gasteiger partial charge is 0.256 e. The van der Waals surface area contributed by atoms with Crippen molar-refractivity contribution in [2.24, 2.45) is 0 Å². The largest absolute Gasteiger partial charge is 0.359 e. The van der Waals surface area contributed by atoms with Crippen LogP contribution in [0.5, 0.6) is 0 Å². The molecule has 2 aliphatic rings. The van der Waals surface area contributed by atoms with Crippen molar-refractivity contribution in [2.75, 3.05) is 5.32 Å². The lowest BCUT2D eigenvalue weighted by Gasteiger charge is -2.08. The molecule has 0 radical (unpaired) electrons. The van der Waals surface area contributed by atoms with E-state index >= 15 is 0 Å². The maximum atomic E-state index is 12.3. The lowest BCUT2D eigenvalue weighted by atomic mass is 9.98. The molecular weight excluding hydrogens is 340 g/mol. The highest BCUT2D eigenvalue weighted by atomic mass is 79.9. The number of hydrogen-bond donors (Lipinski definition) is 2. The summed E-state index contributed by atoms with van der Waals surface area (Å²) in [5.41, 5.74) is 7.49. The maximum Gasteiger partial charge on any atom is 0.256 e. The summed E-state index contributed by atoms with van der Waals surface area (Å²) in [5, 5.41) is 2.96.